The van der Waals surface area contributed by atoms with Gasteiger partial charge in [-0.15, -0.1) is 0 Å². The predicted molar refractivity (Wildman–Crippen MR) is 70.5 cm³/mol. The van der Waals surface area contributed by atoms with Crippen molar-refractivity contribution in [3.8, 4) is 0 Å². The third kappa shape index (κ3) is 1.61. The van der Waals surface area contributed by atoms with Gasteiger partial charge in [0.25, 0.3) is 0 Å². The molecule has 0 radical (unpaired) electrons. The van der Waals surface area contributed by atoms with E-state index in [1.165, 1.54) is 23.7 Å². The second-order valence-corrected chi connectivity index (χ2v) is 4.95. The van der Waals surface area contributed by atoms with E-state index >= 15 is 0 Å². The largest absolute Gasteiger partial charge is 0.389 e. The van der Waals surface area contributed by atoms with E-state index in [2.05, 4.69) is 22.9 Å². The highest BCUT2D eigenvalue weighted by Crippen LogP contribution is 2.32. The maximum atomic E-state index is 5.72. The fraction of sp³-hybridized carbons (Fsp3) is 0.308. The Labute approximate surface area is 100 Å². The molecule has 82 valence electrons. The molecule has 1 fully saturated rings. The third-order valence-corrected chi connectivity index (χ3v) is 3.45. The molecule has 0 spiro atoms. The molecule has 16 heavy (non-hydrogen) atoms. The molecule has 0 unspecified atom stereocenters. The van der Waals surface area contributed by atoms with E-state index < -0.39 is 0 Å². The van der Waals surface area contributed by atoms with E-state index in [1.54, 1.807) is 0 Å². The summed E-state index contributed by atoms with van der Waals surface area (Å²) in [4.78, 5) is 0.481. The molecule has 3 heteroatoms. The quantitative estimate of drug-likeness (QED) is 0.822. The second-order valence-electron chi connectivity index (χ2n) is 4.51. The van der Waals surface area contributed by atoms with Crippen molar-refractivity contribution in [1.29, 1.82) is 0 Å². The highest BCUT2D eigenvalue weighted by atomic mass is 32.1. The van der Waals surface area contributed by atoms with Crippen molar-refractivity contribution in [2.24, 2.45) is 11.7 Å². The zero-order chi connectivity index (χ0) is 11.1. The summed E-state index contributed by atoms with van der Waals surface area (Å²) >= 11 is 5.07. The zero-order valence-electron chi connectivity index (χ0n) is 9.02. The first-order valence-electron chi connectivity index (χ1n) is 5.63. The van der Waals surface area contributed by atoms with Crippen molar-refractivity contribution in [3.05, 3.63) is 36.0 Å². The fourth-order valence-corrected chi connectivity index (χ4v) is 2.35. The van der Waals surface area contributed by atoms with Gasteiger partial charge in [-0.05, 0) is 30.9 Å². The third-order valence-electron chi connectivity index (χ3n) is 3.23. The minimum absolute atomic E-state index is 0.481. The number of thiocarbonyl (C=S) groups is 1. The normalized spacial score (nSPS) is 15.5. The smallest absolute Gasteiger partial charge is 0.104 e. The van der Waals surface area contributed by atoms with Gasteiger partial charge < -0.3 is 10.3 Å². The molecule has 1 aliphatic rings. The topological polar surface area (TPSA) is 30.9 Å². The summed E-state index contributed by atoms with van der Waals surface area (Å²) in [5.41, 5.74) is 7.96. The Morgan fingerprint density at radius 1 is 1.38 bits per heavy atom. The van der Waals surface area contributed by atoms with Crippen LogP contribution < -0.4 is 5.73 Å². The summed E-state index contributed by atoms with van der Waals surface area (Å²) in [6.07, 6.45) is 4.88. The molecular formula is C13H14N2S. The number of rotatable bonds is 3. The molecular weight excluding hydrogens is 216 g/mol. The lowest BCUT2D eigenvalue weighted by molar-refractivity contribution is 0.647. The predicted octanol–water partition coefficient (Wildman–Crippen LogP) is 2.69. The minimum Gasteiger partial charge on any atom is -0.389 e. The summed E-state index contributed by atoms with van der Waals surface area (Å²) in [5, 5.41) is 1.18. The van der Waals surface area contributed by atoms with Crippen LogP contribution in [0.25, 0.3) is 10.9 Å². The molecule has 0 bridgehead atoms. The van der Waals surface area contributed by atoms with Gasteiger partial charge in [-0.2, -0.15) is 0 Å². The monoisotopic (exact) mass is 230 g/mol. The van der Waals surface area contributed by atoms with Crippen molar-refractivity contribution >= 4 is 28.1 Å². The van der Waals surface area contributed by atoms with Gasteiger partial charge in [0.2, 0.25) is 0 Å². The molecule has 1 aromatic heterocycles. The van der Waals surface area contributed by atoms with Gasteiger partial charge in [0.15, 0.2) is 0 Å². The first-order chi connectivity index (χ1) is 7.75. The van der Waals surface area contributed by atoms with Gasteiger partial charge >= 0.3 is 0 Å². The first-order valence-corrected chi connectivity index (χ1v) is 6.04. The Bertz CT molecular complexity index is 552. The van der Waals surface area contributed by atoms with Gasteiger partial charge in [-0.1, -0.05) is 24.4 Å². The highest BCUT2D eigenvalue weighted by Gasteiger charge is 2.22. The Kier molecular flexibility index (Phi) is 2.21. The van der Waals surface area contributed by atoms with E-state index in [9.17, 15) is 0 Å². The van der Waals surface area contributed by atoms with Crippen LogP contribution in [-0.2, 0) is 6.54 Å². The Balaban J connectivity index is 2.11. The molecule has 1 heterocycles. The summed E-state index contributed by atoms with van der Waals surface area (Å²) in [5.74, 6) is 0.879. The van der Waals surface area contributed by atoms with Crippen LogP contribution in [0.3, 0.4) is 0 Å². The van der Waals surface area contributed by atoms with E-state index in [-0.39, 0.29) is 0 Å². The molecule has 3 rings (SSSR count). The molecule has 1 saturated carbocycles. The molecule has 1 aromatic carbocycles. The van der Waals surface area contributed by atoms with Gasteiger partial charge in [-0.3, -0.25) is 0 Å². The van der Waals surface area contributed by atoms with Crippen molar-refractivity contribution in [2.45, 2.75) is 19.4 Å². The van der Waals surface area contributed by atoms with E-state index in [1.807, 2.05) is 12.1 Å². The number of benzene rings is 1. The molecule has 1 aliphatic carbocycles. The van der Waals surface area contributed by atoms with Crippen LogP contribution in [0.5, 0.6) is 0 Å². The van der Waals surface area contributed by atoms with Crippen molar-refractivity contribution in [2.75, 3.05) is 0 Å². The molecule has 0 atom stereocenters. The molecule has 0 amide bonds. The molecule has 0 saturated heterocycles. The van der Waals surface area contributed by atoms with Crippen LogP contribution in [-0.4, -0.2) is 9.56 Å². The van der Waals surface area contributed by atoms with Crippen molar-refractivity contribution in [3.63, 3.8) is 0 Å². The Morgan fingerprint density at radius 3 is 2.88 bits per heavy atom. The van der Waals surface area contributed by atoms with Gasteiger partial charge in [0.1, 0.15) is 4.99 Å². The maximum absolute atomic E-state index is 5.72. The van der Waals surface area contributed by atoms with E-state index in [0.29, 0.717) is 4.99 Å². The summed E-state index contributed by atoms with van der Waals surface area (Å²) in [6.45, 7) is 1.13. The SMILES string of the molecule is NC(=S)c1cccc2c1ccn2CC1CC1. The minimum atomic E-state index is 0.481. The molecule has 2 N–H and O–H groups in total. The lowest BCUT2D eigenvalue weighted by Crippen LogP contribution is -2.09. The summed E-state index contributed by atoms with van der Waals surface area (Å²) in [7, 11) is 0. The van der Waals surface area contributed by atoms with E-state index in [4.69, 9.17) is 18.0 Å². The molecule has 2 nitrogen and oxygen atoms in total. The summed E-state index contributed by atoms with van der Waals surface area (Å²) in [6, 6.07) is 8.28. The molecule has 2 aromatic rings. The first kappa shape index (κ1) is 9.85. The number of fused-ring (bicyclic) bond motifs is 1. The van der Waals surface area contributed by atoms with Gasteiger partial charge in [0.05, 0.1) is 0 Å². The number of nitrogens with zero attached hydrogens (tertiary/aromatic N) is 1. The average Bonchev–Trinajstić information content (AvgIpc) is 2.98. The number of nitrogens with two attached hydrogens (primary N) is 1. The van der Waals surface area contributed by atoms with Gasteiger partial charge in [-0.25, -0.2) is 0 Å². The number of aromatic nitrogens is 1. The van der Waals surface area contributed by atoms with Gasteiger partial charge in [0, 0.05) is 29.2 Å². The van der Waals surface area contributed by atoms with Crippen molar-refractivity contribution < 1.29 is 0 Å². The van der Waals surface area contributed by atoms with Crippen LogP contribution >= 0.6 is 12.2 Å². The maximum Gasteiger partial charge on any atom is 0.104 e. The lowest BCUT2D eigenvalue weighted by atomic mass is 10.1. The Morgan fingerprint density at radius 2 is 2.19 bits per heavy atom. The van der Waals surface area contributed by atoms with E-state index in [0.717, 1.165) is 18.0 Å². The van der Waals surface area contributed by atoms with Crippen LogP contribution in [0.4, 0.5) is 0 Å². The zero-order valence-corrected chi connectivity index (χ0v) is 9.83. The van der Waals surface area contributed by atoms with Crippen molar-refractivity contribution in [1.82, 2.24) is 4.57 Å². The fourth-order valence-electron chi connectivity index (χ4n) is 2.18. The second kappa shape index (κ2) is 3.59. The van der Waals surface area contributed by atoms with Crippen LogP contribution in [0.15, 0.2) is 30.5 Å². The standard InChI is InChI=1S/C13H14N2S/c14-13(16)11-2-1-3-12-10(11)6-7-15(12)8-9-4-5-9/h1-3,6-7,9H,4-5,8H2,(H2,14,16). The number of hydrogen-bond donors (Lipinski definition) is 1. The van der Waals surface area contributed by atoms with Crippen LogP contribution in [0.2, 0.25) is 0 Å². The van der Waals surface area contributed by atoms with Crippen LogP contribution in [0.1, 0.15) is 18.4 Å². The average molecular weight is 230 g/mol. The number of hydrogen-bond acceptors (Lipinski definition) is 1. The highest BCUT2D eigenvalue weighted by molar-refractivity contribution is 7.80. The molecule has 0 aliphatic heterocycles. The Hall–Kier alpha value is -1.35. The van der Waals surface area contributed by atoms with Crippen LogP contribution in [0, 0.1) is 5.92 Å². The lowest BCUT2D eigenvalue weighted by Gasteiger charge is -2.05. The summed E-state index contributed by atoms with van der Waals surface area (Å²) < 4.78 is 2.31.